The van der Waals surface area contributed by atoms with E-state index in [4.69, 9.17) is 4.42 Å². The average Bonchev–Trinajstić information content (AvgIpc) is 2.98. The number of alkyl halides is 3. The molecule has 0 radical (unpaired) electrons. The van der Waals surface area contributed by atoms with Crippen molar-refractivity contribution in [3.05, 3.63) is 30.2 Å². The van der Waals surface area contributed by atoms with Gasteiger partial charge in [-0.1, -0.05) is 6.92 Å². The number of furan rings is 1. The van der Waals surface area contributed by atoms with Gasteiger partial charge in [0.05, 0.1) is 0 Å². The fraction of sp³-hybridized carbons (Fsp3) is 0.500. The second-order valence-electron chi connectivity index (χ2n) is 5.97. The lowest BCUT2D eigenvalue weighted by Gasteiger charge is -2.42. The molecule has 1 fully saturated rings. The Bertz CT molecular complexity index is 700. The van der Waals surface area contributed by atoms with E-state index in [0.29, 0.717) is 17.6 Å². The molecule has 3 rings (SSSR count). The number of likely N-dealkylation sites (tertiary alicyclic amines) is 1. The maximum absolute atomic E-state index is 13.6. The van der Waals surface area contributed by atoms with Crippen LogP contribution in [0.2, 0.25) is 0 Å². The molecule has 1 aliphatic rings. The molecular formula is C16H18F3N3O2. The van der Waals surface area contributed by atoms with Crippen molar-refractivity contribution < 1.29 is 22.4 Å². The second-order valence-corrected chi connectivity index (χ2v) is 5.97. The van der Waals surface area contributed by atoms with E-state index >= 15 is 0 Å². The van der Waals surface area contributed by atoms with Crippen LogP contribution in [-0.2, 0) is 0 Å². The van der Waals surface area contributed by atoms with Crippen LogP contribution >= 0.6 is 0 Å². The van der Waals surface area contributed by atoms with Crippen LogP contribution < -0.4 is 5.32 Å². The Morgan fingerprint density at radius 2 is 2.12 bits per heavy atom. The topological polar surface area (TPSA) is 58.4 Å². The van der Waals surface area contributed by atoms with E-state index < -0.39 is 17.6 Å². The summed E-state index contributed by atoms with van der Waals surface area (Å²) in [5.41, 5.74) is -1.42. The van der Waals surface area contributed by atoms with Gasteiger partial charge in [0.15, 0.2) is 11.3 Å². The Hall–Kier alpha value is -2.09. The number of pyridine rings is 1. The molecule has 3 heterocycles. The maximum atomic E-state index is 13.6. The minimum absolute atomic E-state index is 0.162. The van der Waals surface area contributed by atoms with E-state index in [1.54, 1.807) is 12.1 Å². The fourth-order valence-electron chi connectivity index (χ4n) is 2.99. The molecule has 1 N–H and O–H groups in total. The zero-order valence-corrected chi connectivity index (χ0v) is 13.2. The van der Waals surface area contributed by atoms with Crippen LogP contribution in [0.4, 0.5) is 13.2 Å². The number of hydrogen-bond donors (Lipinski definition) is 1. The van der Waals surface area contributed by atoms with E-state index in [-0.39, 0.29) is 31.7 Å². The Morgan fingerprint density at radius 3 is 2.71 bits per heavy atom. The van der Waals surface area contributed by atoms with Gasteiger partial charge >= 0.3 is 6.18 Å². The number of aromatic nitrogens is 1. The highest BCUT2D eigenvalue weighted by Gasteiger charge is 2.56. The molecule has 1 saturated heterocycles. The van der Waals surface area contributed by atoms with Crippen LogP contribution in [0.3, 0.4) is 0 Å². The highest BCUT2D eigenvalue weighted by molar-refractivity contribution is 5.95. The maximum Gasteiger partial charge on any atom is 0.411 e. The van der Waals surface area contributed by atoms with Crippen molar-refractivity contribution in [3.63, 3.8) is 0 Å². The second kappa shape index (κ2) is 6.08. The number of piperidine rings is 1. The van der Waals surface area contributed by atoms with Gasteiger partial charge < -0.3 is 14.6 Å². The lowest BCUT2D eigenvalue weighted by molar-refractivity contribution is -0.205. The van der Waals surface area contributed by atoms with Crippen molar-refractivity contribution in [1.29, 1.82) is 0 Å². The molecule has 0 saturated carbocycles. The summed E-state index contributed by atoms with van der Waals surface area (Å²) in [4.78, 5) is 18.3. The van der Waals surface area contributed by atoms with Gasteiger partial charge in [-0.05, 0) is 31.5 Å². The van der Waals surface area contributed by atoms with Crippen molar-refractivity contribution in [2.75, 3.05) is 19.6 Å². The van der Waals surface area contributed by atoms with E-state index in [0.717, 1.165) is 0 Å². The van der Waals surface area contributed by atoms with Crippen LogP contribution in [0.25, 0.3) is 11.1 Å². The predicted octanol–water partition coefficient (Wildman–Crippen LogP) is 2.97. The Balaban J connectivity index is 1.83. The zero-order valence-electron chi connectivity index (χ0n) is 13.2. The van der Waals surface area contributed by atoms with E-state index in [9.17, 15) is 18.0 Å². The minimum Gasteiger partial charge on any atom is -0.449 e. The molecule has 1 amide bonds. The number of rotatable bonds is 3. The summed E-state index contributed by atoms with van der Waals surface area (Å²) in [6.07, 6.45) is -3.34. The number of nitrogens with one attached hydrogen (secondary N) is 1. The molecule has 0 spiro atoms. The minimum atomic E-state index is -4.52. The number of fused-ring (bicyclic) bond motifs is 1. The zero-order chi connectivity index (χ0) is 17.4. The summed E-state index contributed by atoms with van der Waals surface area (Å²) < 4.78 is 46.2. The normalized spacial score (nSPS) is 18.7. The SMILES string of the molecule is CCN1CCC(NC(=O)c2cc3ncccc3o2)(C(F)(F)F)CC1. The molecule has 24 heavy (non-hydrogen) atoms. The molecule has 0 aliphatic carbocycles. The molecule has 2 aromatic heterocycles. The quantitative estimate of drug-likeness (QED) is 0.932. The highest BCUT2D eigenvalue weighted by Crippen LogP contribution is 2.39. The fourth-order valence-corrected chi connectivity index (χ4v) is 2.99. The van der Waals surface area contributed by atoms with Gasteiger partial charge in [-0.3, -0.25) is 9.78 Å². The number of hydrogen-bond acceptors (Lipinski definition) is 4. The number of nitrogens with zero attached hydrogens (tertiary/aromatic N) is 2. The van der Waals surface area contributed by atoms with Gasteiger partial charge in [-0.2, -0.15) is 13.2 Å². The molecule has 130 valence electrons. The lowest BCUT2D eigenvalue weighted by Crippen LogP contribution is -2.63. The van der Waals surface area contributed by atoms with E-state index in [1.807, 2.05) is 11.8 Å². The average molecular weight is 341 g/mol. The van der Waals surface area contributed by atoms with Crippen molar-refractivity contribution >= 4 is 17.0 Å². The molecule has 0 bridgehead atoms. The molecule has 2 aromatic rings. The summed E-state index contributed by atoms with van der Waals surface area (Å²) in [5, 5.41) is 2.18. The van der Waals surface area contributed by atoms with Crippen LogP contribution in [0, 0.1) is 0 Å². The van der Waals surface area contributed by atoms with Crippen molar-refractivity contribution in [3.8, 4) is 0 Å². The molecule has 5 nitrogen and oxygen atoms in total. The third-order valence-corrected chi connectivity index (χ3v) is 4.56. The highest BCUT2D eigenvalue weighted by atomic mass is 19.4. The van der Waals surface area contributed by atoms with Gasteiger partial charge in [0.25, 0.3) is 5.91 Å². The number of halogens is 3. The smallest absolute Gasteiger partial charge is 0.411 e. The number of carbonyl (C=O) groups is 1. The first-order valence-electron chi connectivity index (χ1n) is 7.81. The van der Waals surface area contributed by atoms with Crippen LogP contribution in [0.1, 0.15) is 30.3 Å². The first-order chi connectivity index (χ1) is 11.3. The number of carbonyl (C=O) groups excluding carboxylic acids is 1. The van der Waals surface area contributed by atoms with Crippen LogP contribution in [0.15, 0.2) is 28.8 Å². The summed E-state index contributed by atoms with van der Waals surface area (Å²) in [6.45, 7) is 3.17. The first kappa shape index (κ1) is 16.8. The van der Waals surface area contributed by atoms with Crippen molar-refractivity contribution in [1.82, 2.24) is 15.2 Å². The Kier molecular flexibility index (Phi) is 4.25. The molecule has 0 aromatic carbocycles. The molecule has 1 aliphatic heterocycles. The van der Waals surface area contributed by atoms with E-state index in [2.05, 4.69) is 10.3 Å². The largest absolute Gasteiger partial charge is 0.449 e. The van der Waals surface area contributed by atoms with Crippen LogP contribution in [0.5, 0.6) is 0 Å². The third-order valence-electron chi connectivity index (χ3n) is 4.56. The predicted molar refractivity (Wildman–Crippen MR) is 81.6 cm³/mol. The van der Waals surface area contributed by atoms with Crippen molar-refractivity contribution in [2.45, 2.75) is 31.5 Å². The molecule has 0 unspecified atom stereocenters. The first-order valence-corrected chi connectivity index (χ1v) is 7.81. The Morgan fingerprint density at radius 1 is 1.42 bits per heavy atom. The van der Waals surface area contributed by atoms with Gasteiger partial charge in [0.2, 0.25) is 0 Å². The summed E-state index contributed by atoms with van der Waals surface area (Å²) in [5.74, 6) is -1.03. The monoisotopic (exact) mass is 341 g/mol. The standard InChI is InChI=1S/C16H18F3N3O2/c1-2-22-8-5-15(6-9-22,16(17,18)19)21-14(23)13-10-11-12(24-13)4-3-7-20-11/h3-4,7,10H,2,5-6,8-9H2,1H3,(H,21,23). The Labute approximate surface area is 136 Å². The van der Waals surface area contributed by atoms with E-state index in [1.165, 1.54) is 12.3 Å². The van der Waals surface area contributed by atoms with Crippen molar-refractivity contribution in [2.24, 2.45) is 0 Å². The van der Waals surface area contributed by atoms with Gasteiger partial charge in [0.1, 0.15) is 11.1 Å². The molecule has 0 atom stereocenters. The summed E-state index contributed by atoms with van der Waals surface area (Å²) in [7, 11) is 0. The number of amides is 1. The molecule has 8 heteroatoms. The summed E-state index contributed by atoms with van der Waals surface area (Å²) >= 11 is 0. The third kappa shape index (κ3) is 2.98. The lowest BCUT2D eigenvalue weighted by atomic mass is 9.86. The van der Waals surface area contributed by atoms with Gasteiger partial charge in [-0.15, -0.1) is 0 Å². The van der Waals surface area contributed by atoms with Gasteiger partial charge in [0, 0.05) is 25.4 Å². The molecular weight excluding hydrogens is 323 g/mol. The van der Waals surface area contributed by atoms with Gasteiger partial charge in [-0.25, -0.2) is 0 Å². The summed E-state index contributed by atoms with van der Waals surface area (Å²) in [6, 6.07) is 4.60. The van der Waals surface area contributed by atoms with Crippen LogP contribution in [-0.4, -0.2) is 47.1 Å².